The van der Waals surface area contributed by atoms with Crippen molar-refractivity contribution in [3.63, 3.8) is 0 Å². The Labute approximate surface area is 166 Å². The van der Waals surface area contributed by atoms with Gasteiger partial charge in [0.15, 0.2) is 5.13 Å². The van der Waals surface area contributed by atoms with Crippen LogP contribution in [0.2, 0.25) is 0 Å². The predicted molar refractivity (Wildman–Crippen MR) is 109 cm³/mol. The molecule has 0 radical (unpaired) electrons. The van der Waals surface area contributed by atoms with E-state index in [-0.39, 0.29) is 11.8 Å². The molecule has 1 fully saturated rings. The number of amides is 2. The number of nitrogen functional groups attached to an aromatic ring is 1. The first-order valence-corrected chi connectivity index (χ1v) is 9.76. The summed E-state index contributed by atoms with van der Waals surface area (Å²) >= 11 is 1.40. The molecule has 28 heavy (non-hydrogen) atoms. The van der Waals surface area contributed by atoms with Crippen molar-refractivity contribution in [3.05, 3.63) is 53.6 Å². The average molecular weight is 396 g/mol. The van der Waals surface area contributed by atoms with E-state index in [2.05, 4.69) is 4.98 Å². The van der Waals surface area contributed by atoms with Crippen molar-refractivity contribution in [3.8, 4) is 5.75 Å². The maximum absolute atomic E-state index is 12.8. The molecule has 144 valence electrons. The Hall–Kier alpha value is -3.13. The lowest BCUT2D eigenvalue weighted by molar-refractivity contribution is 0.0533. The number of methoxy groups -OCH3 is 1. The highest BCUT2D eigenvalue weighted by Crippen LogP contribution is 2.25. The molecule has 1 aliphatic heterocycles. The van der Waals surface area contributed by atoms with Crippen molar-refractivity contribution in [2.24, 2.45) is 0 Å². The van der Waals surface area contributed by atoms with Crippen molar-refractivity contribution in [2.75, 3.05) is 39.0 Å². The summed E-state index contributed by atoms with van der Waals surface area (Å²) in [5, 5.41) is 0.489. The molecular formula is C20H20N4O3S. The van der Waals surface area contributed by atoms with Gasteiger partial charge in [-0.3, -0.25) is 9.59 Å². The number of hydrogen-bond acceptors (Lipinski definition) is 6. The third-order valence-electron chi connectivity index (χ3n) is 4.84. The smallest absolute Gasteiger partial charge is 0.257 e. The Bertz CT molecular complexity index is 1040. The van der Waals surface area contributed by atoms with Gasteiger partial charge in [0.25, 0.3) is 11.8 Å². The monoisotopic (exact) mass is 396 g/mol. The van der Waals surface area contributed by atoms with Gasteiger partial charge in [0.2, 0.25) is 0 Å². The van der Waals surface area contributed by atoms with Crippen LogP contribution in [0.3, 0.4) is 0 Å². The molecule has 0 bridgehead atoms. The molecule has 0 unspecified atom stereocenters. The molecule has 1 aromatic heterocycles. The van der Waals surface area contributed by atoms with E-state index in [0.29, 0.717) is 48.2 Å². The molecular weight excluding hydrogens is 376 g/mol. The van der Waals surface area contributed by atoms with E-state index in [9.17, 15) is 9.59 Å². The minimum absolute atomic E-state index is 0.0575. The largest absolute Gasteiger partial charge is 0.496 e. The second-order valence-electron chi connectivity index (χ2n) is 6.52. The van der Waals surface area contributed by atoms with Crippen LogP contribution in [-0.4, -0.2) is 59.9 Å². The Morgan fingerprint density at radius 1 is 1.04 bits per heavy atom. The van der Waals surface area contributed by atoms with Crippen LogP contribution in [0.5, 0.6) is 5.75 Å². The molecule has 2 heterocycles. The Morgan fingerprint density at radius 3 is 2.43 bits per heavy atom. The minimum Gasteiger partial charge on any atom is -0.496 e. The molecule has 2 amide bonds. The molecule has 0 aliphatic carbocycles. The maximum Gasteiger partial charge on any atom is 0.257 e. The third-order valence-corrected chi connectivity index (χ3v) is 5.71. The number of nitrogens with zero attached hydrogens (tertiary/aromatic N) is 3. The van der Waals surface area contributed by atoms with Crippen LogP contribution < -0.4 is 10.5 Å². The van der Waals surface area contributed by atoms with Crippen LogP contribution in [0.15, 0.2) is 42.5 Å². The molecule has 0 atom stereocenters. The quantitative estimate of drug-likeness (QED) is 0.735. The SMILES string of the molecule is COc1ccccc1C(=O)N1CCN(C(=O)c2ccc3sc(N)nc3c2)CC1. The lowest BCUT2D eigenvalue weighted by Gasteiger charge is -2.35. The minimum atomic E-state index is -0.0797. The number of thiazole rings is 1. The Kier molecular flexibility index (Phi) is 4.87. The molecule has 3 aromatic rings. The number of aromatic nitrogens is 1. The highest BCUT2D eigenvalue weighted by atomic mass is 32.1. The maximum atomic E-state index is 12.8. The second kappa shape index (κ2) is 7.47. The van der Waals surface area contributed by atoms with E-state index in [1.165, 1.54) is 11.3 Å². The van der Waals surface area contributed by atoms with Crippen molar-refractivity contribution >= 4 is 38.5 Å². The number of benzene rings is 2. The van der Waals surface area contributed by atoms with Gasteiger partial charge in [-0.05, 0) is 30.3 Å². The summed E-state index contributed by atoms with van der Waals surface area (Å²) in [6, 6.07) is 12.6. The van der Waals surface area contributed by atoms with E-state index in [0.717, 1.165) is 10.2 Å². The Balaban J connectivity index is 1.44. The molecule has 8 heteroatoms. The summed E-state index contributed by atoms with van der Waals surface area (Å²) in [7, 11) is 1.55. The molecule has 2 aromatic carbocycles. The van der Waals surface area contributed by atoms with Gasteiger partial charge in [-0.1, -0.05) is 23.5 Å². The number of nitrogens with two attached hydrogens (primary N) is 1. The molecule has 0 saturated carbocycles. The van der Waals surface area contributed by atoms with Crippen molar-refractivity contribution < 1.29 is 14.3 Å². The van der Waals surface area contributed by atoms with Crippen LogP contribution in [-0.2, 0) is 0 Å². The average Bonchev–Trinajstić information content (AvgIpc) is 3.12. The van der Waals surface area contributed by atoms with Crippen molar-refractivity contribution in [2.45, 2.75) is 0 Å². The second-order valence-corrected chi connectivity index (χ2v) is 7.58. The molecule has 0 spiro atoms. The zero-order valence-corrected chi connectivity index (χ0v) is 16.2. The van der Waals surface area contributed by atoms with E-state index in [4.69, 9.17) is 10.5 Å². The van der Waals surface area contributed by atoms with Crippen LogP contribution in [0, 0.1) is 0 Å². The number of ether oxygens (including phenoxy) is 1. The lowest BCUT2D eigenvalue weighted by atomic mass is 10.1. The van der Waals surface area contributed by atoms with Crippen molar-refractivity contribution in [1.29, 1.82) is 0 Å². The number of fused-ring (bicyclic) bond motifs is 1. The number of carbonyl (C=O) groups is 2. The first-order valence-electron chi connectivity index (χ1n) is 8.94. The van der Waals surface area contributed by atoms with Gasteiger partial charge in [0.05, 0.1) is 22.9 Å². The first kappa shape index (κ1) is 18.2. The van der Waals surface area contributed by atoms with Crippen LogP contribution in [0.1, 0.15) is 20.7 Å². The number of para-hydroxylation sites is 1. The summed E-state index contributed by atoms with van der Waals surface area (Å²) in [4.78, 5) is 33.4. The standard InChI is InChI=1S/C20H20N4O3S/c1-27-16-5-3-2-4-14(16)19(26)24-10-8-23(9-11-24)18(25)13-6-7-17-15(12-13)22-20(21)28-17/h2-7,12H,8-11H2,1H3,(H2,21,22). The number of piperazine rings is 1. The van der Waals surface area contributed by atoms with Crippen LogP contribution in [0.25, 0.3) is 10.2 Å². The molecule has 7 nitrogen and oxygen atoms in total. The van der Waals surface area contributed by atoms with Crippen molar-refractivity contribution in [1.82, 2.24) is 14.8 Å². The summed E-state index contributed by atoms with van der Waals surface area (Å²) in [6.07, 6.45) is 0. The van der Waals surface area contributed by atoms with Gasteiger partial charge in [-0.15, -0.1) is 0 Å². The summed E-state index contributed by atoms with van der Waals surface area (Å²) < 4.78 is 6.24. The number of anilines is 1. The van der Waals surface area contributed by atoms with Gasteiger partial charge in [-0.2, -0.15) is 0 Å². The zero-order valence-electron chi connectivity index (χ0n) is 15.4. The topological polar surface area (TPSA) is 88.8 Å². The fourth-order valence-corrected chi connectivity index (χ4v) is 4.08. The first-order chi connectivity index (χ1) is 13.6. The van der Waals surface area contributed by atoms with E-state index >= 15 is 0 Å². The fourth-order valence-electron chi connectivity index (χ4n) is 3.37. The van der Waals surface area contributed by atoms with Crippen LogP contribution in [0.4, 0.5) is 5.13 Å². The number of rotatable bonds is 3. The highest BCUT2D eigenvalue weighted by Gasteiger charge is 2.27. The summed E-state index contributed by atoms with van der Waals surface area (Å²) in [5.41, 5.74) is 7.60. The van der Waals surface area contributed by atoms with Gasteiger partial charge in [-0.25, -0.2) is 4.98 Å². The molecule has 1 saturated heterocycles. The predicted octanol–water partition coefficient (Wildman–Crippen LogP) is 2.49. The molecule has 1 aliphatic rings. The summed E-state index contributed by atoms with van der Waals surface area (Å²) in [6.45, 7) is 1.93. The van der Waals surface area contributed by atoms with E-state index < -0.39 is 0 Å². The van der Waals surface area contributed by atoms with Gasteiger partial charge < -0.3 is 20.3 Å². The van der Waals surface area contributed by atoms with E-state index in [1.54, 1.807) is 41.2 Å². The zero-order chi connectivity index (χ0) is 19.7. The molecule has 4 rings (SSSR count). The van der Waals surface area contributed by atoms with Crippen LogP contribution >= 0.6 is 11.3 Å². The van der Waals surface area contributed by atoms with Gasteiger partial charge >= 0.3 is 0 Å². The van der Waals surface area contributed by atoms with Gasteiger partial charge in [0, 0.05) is 31.7 Å². The Morgan fingerprint density at radius 2 is 1.71 bits per heavy atom. The summed E-state index contributed by atoms with van der Waals surface area (Å²) in [5.74, 6) is 0.420. The van der Waals surface area contributed by atoms with E-state index in [1.807, 2.05) is 18.2 Å². The number of carbonyl (C=O) groups excluding carboxylic acids is 2. The highest BCUT2D eigenvalue weighted by molar-refractivity contribution is 7.22. The lowest BCUT2D eigenvalue weighted by Crippen LogP contribution is -2.50. The van der Waals surface area contributed by atoms with Gasteiger partial charge in [0.1, 0.15) is 5.75 Å². The third kappa shape index (κ3) is 3.38. The molecule has 2 N–H and O–H groups in total. The normalized spacial score (nSPS) is 14.3. The number of hydrogen-bond donors (Lipinski definition) is 1. The fraction of sp³-hybridized carbons (Fsp3) is 0.250.